The number of ether oxygens (including phenoxy) is 2. The van der Waals surface area contributed by atoms with Gasteiger partial charge in [-0.1, -0.05) is 53.5 Å². The molecule has 3 aromatic carbocycles. The van der Waals surface area contributed by atoms with Crippen LogP contribution in [0.5, 0.6) is 5.75 Å². The van der Waals surface area contributed by atoms with Crippen molar-refractivity contribution in [2.24, 2.45) is 0 Å². The summed E-state index contributed by atoms with van der Waals surface area (Å²) in [5.41, 5.74) is 1.41. The molecule has 0 aliphatic carbocycles. The summed E-state index contributed by atoms with van der Waals surface area (Å²) in [5, 5.41) is 4.79. The number of halogens is 2. The van der Waals surface area contributed by atoms with E-state index in [9.17, 15) is 9.59 Å². The highest BCUT2D eigenvalue weighted by Gasteiger charge is 2.15. The van der Waals surface area contributed by atoms with Gasteiger partial charge in [0, 0.05) is 17.0 Å². The van der Waals surface area contributed by atoms with Crippen molar-refractivity contribution in [1.29, 1.82) is 0 Å². The van der Waals surface area contributed by atoms with Crippen molar-refractivity contribution >= 4 is 45.9 Å². The molecule has 5 nitrogen and oxygen atoms in total. The zero-order valence-electron chi connectivity index (χ0n) is 15.7. The lowest BCUT2D eigenvalue weighted by atomic mass is 10.1. The van der Waals surface area contributed by atoms with Gasteiger partial charge in [0.1, 0.15) is 5.75 Å². The molecule has 150 valence electrons. The van der Waals surface area contributed by atoms with E-state index in [-0.39, 0.29) is 18.1 Å². The fourth-order valence-corrected chi connectivity index (χ4v) is 3.53. The zero-order chi connectivity index (χ0) is 20.8. The van der Waals surface area contributed by atoms with Gasteiger partial charge in [0.15, 0.2) is 6.61 Å². The maximum atomic E-state index is 12.2. The quantitative estimate of drug-likeness (QED) is 0.551. The molecule has 0 radical (unpaired) electrons. The Kier molecular flexibility index (Phi) is 6.96. The lowest BCUT2D eigenvalue weighted by Crippen LogP contribution is -2.30. The minimum atomic E-state index is -0.528. The van der Waals surface area contributed by atoms with Crippen molar-refractivity contribution in [2.45, 2.75) is 6.42 Å². The number of amides is 1. The maximum Gasteiger partial charge on any atom is 0.338 e. The number of hydrogen-bond acceptors (Lipinski definition) is 4. The molecule has 0 saturated carbocycles. The number of hydrogen-bond donors (Lipinski definition) is 1. The highest BCUT2D eigenvalue weighted by molar-refractivity contribution is 6.39. The van der Waals surface area contributed by atoms with E-state index in [4.69, 9.17) is 32.7 Å². The van der Waals surface area contributed by atoms with Gasteiger partial charge in [-0.2, -0.15) is 0 Å². The van der Waals surface area contributed by atoms with Crippen LogP contribution in [0.2, 0.25) is 10.0 Å². The van der Waals surface area contributed by atoms with Gasteiger partial charge >= 0.3 is 5.97 Å². The van der Waals surface area contributed by atoms with Gasteiger partial charge in [0.05, 0.1) is 17.7 Å². The molecule has 0 unspecified atom stereocenters. The summed E-state index contributed by atoms with van der Waals surface area (Å²) in [4.78, 5) is 24.1. The molecule has 0 fully saturated rings. The number of rotatable bonds is 7. The Morgan fingerprint density at radius 3 is 2.52 bits per heavy atom. The topological polar surface area (TPSA) is 64.6 Å². The molecule has 0 saturated heterocycles. The van der Waals surface area contributed by atoms with Crippen LogP contribution in [0, 0.1) is 0 Å². The van der Waals surface area contributed by atoms with Gasteiger partial charge in [0.25, 0.3) is 5.91 Å². The molecule has 0 aromatic heterocycles. The summed E-state index contributed by atoms with van der Waals surface area (Å²) < 4.78 is 10.5. The summed E-state index contributed by atoms with van der Waals surface area (Å²) in [6.45, 7) is 0.277. The van der Waals surface area contributed by atoms with Gasteiger partial charge in [-0.25, -0.2) is 4.79 Å². The maximum absolute atomic E-state index is 12.2. The van der Waals surface area contributed by atoms with Gasteiger partial charge in [0.2, 0.25) is 0 Å². The molecule has 0 aliphatic rings. The highest BCUT2D eigenvalue weighted by atomic mass is 35.5. The smallest absolute Gasteiger partial charge is 0.338 e. The van der Waals surface area contributed by atoms with E-state index in [0.29, 0.717) is 33.1 Å². The first-order valence-corrected chi connectivity index (χ1v) is 9.68. The van der Waals surface area contributed by atoms with E-state index in [1.807, 2.05) is 30.3 Å². The SMILES string of the molecule is COC(=O)c1cc(OCC(=O)NCCc2ccccc2)c2c(Cl)cc(Cl)cc2c1. The van der Waals surface area contributed by atoms with Crippen molar-refractivity contribution in [3.8, 4) is 5.75 Å². The Labute approximate surface area is 178 Å². The van der Waals surface area contributed by atoms with Crippen molar-refractivity contribution in [3.05, 3.63) is 75.8 Å². The Bertz CT molecular complexity index is 1040. The molecule has 0 aliphatic heterocycles. The highest BCUT2D eigenvalue weighted by Crippen LogP contribution is 2.36. The van der Waals surface area contributed by atoms with Gasteiger partial charge in [-0.3, -0.25) is 4.79 Å². The third-order valence-electron chi connectivity index (χ3n) is 4.29. The zero-order valence-corrected chi connectivity index (χ0v) is 17.2. The van der Waals surface area contributed by atoms with E-state index >= 15 is 0 Å². The Hall–Kier alpha value is -2.76. The number of nitrogens with one attached hydrogen (secondary N) is 1. The summed E-state index contributed by atoms with van der Waals surface area (Å²) in [7, 11) is 1.29. The predicted octanol–water partition coefficient (Wildman–Crippen LogP) is 4.67. The first-order chi connectivity index (χ1) is 14.0. The van der Waals surface area contributed by atoms with E-state index in [0.717, 1.165) is 12.0 Å². The Balaban J connectivity index is 1.72. The number of fused-ring (bicyclic) bond motifs is 1. The average molecular weight is 432 g/mol. The average Bonchev–Trinajstić information content (AvgIpc) is 2.71. The van der Waals surface area contributed by atoms with Gasteiger partial charge in [-0.05, 0) is 41.6 Å². The van der Waals surface area contributed by atoms with E-state index < -0.39 is 5.97 Å². The second kappa shape index (κ2) is 9.63. The number of methoxy groups -OCH3 is 1. The second-order valence-corrected chi connectivity index (χ2v) is 7.17. The van der Waals surface area contributed by atoms with Crippen LogP contribution in [-0.2, 0) is 16.0 Å². The van der Waals surface area contributed by atoms with Gasteiger partial charge < -0.3 is 14.8 Å². The molecule has 3 rings (SSSR count). The normalized spacial score (nSPS) is 10.6. The van der Waals surface area contributed by atoms with Crippen molar-refractivity contribution in [2.75, 3.05) is 20.3 Å². The molecule has 1 amide bonds. The van der Waals surface area contributed by atoms with Crippen molar-refractivity contribution < 1.29 is 19.1 Å². The fraction of sp³-hybridized carbons (Fsp3) is 0.182. The number of carbonyl (C=O) groups excluding carboxylic acids is 2. The minimum Gasteiger partial charge on any atom is -0.483 e. The minimum absolute atomic E-state index is 0.215. The third kappa shape index (κ3) is 5.40. The van der Waals surface area contributed by atoms with Crippen LogP contribution < -0.4 is 10.1 Å². The second-order valence-electron chi connectivity index (χ2n) is 6.33. The number of benzene rings is 3. The molecular formula is C22H19Cl2NO4. The third-order valence-corrected chi connectivity index (χ3v) is 4.80. The standard InChI is InChI=1S/C22H19Cl2NO4/c1-28-22(27)16-9-15-10-17(23)12-18(24)21(15)19(11-16)29-13-20(26)25-8-7-14-5-3-2-4-6-14/h2-6,9-12H,7-8,13H2,1H3,(H,25,26). The summed E-state index contributed by atoms with van der Waals surface area (Å²) in [6, 6.07) is 16.2. The molecule has 3 aromatic rings. The van der Waals surface area contributed by atoms with E-state index in [1.165, 1.54) is 13.2 Å². The van der Waals surface area contributed by atoms with Crippen LogP contribution in [0.1, 0.15) is 15.9 Å². The summed E-state index contributed by atoms with van der Waals surface area (Å²) >= 11 is 12.4. The Morgan fingerprint density at radius 2 is 1.79 bits per heavy atom. The largest absolute Gasteiger partial charge is 0.483 e. The number of carbonyl (C=O) groups is 2. The first kappa shape index (κ1) is 21.0. The van der Waals surface area contributed by atoms with Crippen LogP contribution in [0.25, 0.3) is 10.8 Å². The molecule has 0 bridgehead atoms. The van der Waals surface area contributed by atoms with Crippen LogP contribution >= 0.6 is 23.2 Å². The van der Waals surface area contributed by atoms with Gasteiger partial charge in [-0.15, -0.1) is 0 Å². The molecule has 1 N–H and O–H groups in total. The first-order valence-electron chi connectivity index (χ1n) is 8.92. The van der Waals surface area contributed by atoms with Crippen LogP contribution in [-0.4, -0.2) is 32.1 Å². The molecule has 0 spiro atoms. The van der Waals surface area contributed by atoms with Crippen LogP contribution in [0.15, 0.2) is 54.6 Å². The van der Waals surface area contributed by atoms with E-state index in [1.54, 1.807) is 18.2 Å². The lowest BCUT2D eigenvalue weighted by Gasteiger charge is -2.13. The van der Waals surface area contributed by atoms with Crippen LogP contribution in [0.4, 0.5) is 0 Å². The van der Waals surface area contributed by atoms with E-state index in [2.05, 4.69) is 5.32 Å². The summed E-state index contributed by atoms with van der Waals surface area (Å²) in [6.07, 6.45) is 0.720. The summed E-state index contributed by atoms with van der Waals surface area (Å²) in [5.74, 6) is -0.495. The number of esters is 1. The van der Waals surface area contributed by atoms with Crippen LogP contribution in [0.3, 0.4) is 0 Å². The monoisotopic (exact) mass is 431 g/mol. The molecular weight excluding hydrogens is 413 g/mol. The Morgan fingerprint density at radius 1 is 1.03 bits per heavy atom. The molecule has 29 heavy (non-hydrogen) atoms. The fourth-order valence-electron chi connectivity index (χ4n) is 2.92. The van der Waals surface area contributed by atoms with Crippen molar-refractivity contribution in [1.82, 2.24) is 5.32 Å². The lowest BCUT2D eigenvalue weighted by molar-refractivity contribution is -0.123. The van der Waals surface area contributed by atoms with Crippen molar-refractivity contribution in [3.63, 3.8) is 0 Å². The molecule has 7 heteroatoms. The molecule has 0 atom stereocenters. The molecule has 0 heterocycles. The predicted molar refractivity (Wildman–Crippen MR) is 114 cm³/mol.